The van der Waals surface area contributed by atoms with E-state index in [2.05, 4.69) is 78.5 Å². The fourth-order valence-electron chi connectivity index (χ4n) is 3.97. The standard InChI is InChI=1S/C24H38N6O.HI/c1-6-25-24(28(4)17-22-18-29(5)27-23(22)19(2)3)26-15-20-8-7-9-21(14-20)16-30-10-12-31-13-11-30;/h7-9,14,18-19H,6,10-13,15-17H2,1-5H3,(H,25,26);1H. The van der Waals surface area contributed by atoms with Gasteiger partial charge in [0.15, 0.2) is 5.96 Å². The maximum atomic E-state index is 5.46. The molecule has 0 radical (unpaired) electrons. The molecule has 2 aromatic rings. The van der Waals surface area contributed by atoms with Gasteiger partial charge in [-0.2, -0.15) is 5.10 Å². The summed E-state index contributed by atoms with van der Waals surface area (Å²) < 4.78 is 7.36. The Morgan fingerprint density at radius 3 is 2.66 bits per heavy atom. The maximum Gasteiger partial charge on any atom is 0.194 e. The summed E-state index contributed by atoms with van der Waals surface area (Å²) in [6.45, 7) is 13.4. The van der Waals surface area contributed by atoms with Crippen molar-refractivity contribution in [1.82, 2.24) is 24.9 Å². The molecule has 0 amide bonds. The molecule has 0 spiro atoms. The summed E-state index contributed by atoms with van der Waals surface area (Å²) in [6, 6.07) is 8.78. The summed E-state index contributed by atoms with van der Waals surface area (Å²) in [5, 5.41) is 8.07. The van der Waals surface area contributed by atoms with E-state index < -0.39 is 0 Å². The summed E-state index contributed by atoms with van der Waals surface area (Å²) in [6.07, 6.45) is 2.12. The molecule has 1 aromatic heterocycles. The first kappa shape index (κ1) is 26.6. The second-order valence-electron chi connectivity index (χ2n) is 8.60. The molecule has 0 unspecified atom stereocenters. The van der Waals surface area contributed by atoms with Crippen LogP contribution in [0.15, 0.2) is 35.5 Å². The highest BCUT2D eigenvalue weighted by Crippen LogP contribution is 2.19. The van der Waals surface area contributed by atoms with E-state index in [1.54, 1.807) is 0 Å². The molecule has 1 N–H and O–H groups in total. The van der Waals surface area contributed by atoms with E-state index >= 15 is 0 Å². The van der Waals surface area contributed by atoms with Gasteiger partial charge < -0.3 is 15.0 Å². The average molecular weight is 555 g/mol. The van der Waals surface area contributed by atoms with Crippen LogP contribution in [0, 0.1) is 0 Å². The lowest BCUT2D eigenvalue weighted by Gasteiger charge is -2.26. The van der Waals surface area contributed by atoms with E-state index in [-0.39, 0.29) is 24.0 Å². The normalized spacial score (nSPS) is 15.0. The number of hydrogen-bond donors (Lipinski definition) is 1. The van der Waals surface area contributed by atoms with Gasteiger partial charge in [0.25, 0.3) is 0 Å². The van der Waals surface area contributed by atoms with Gasteiger partial charge in [0.05, 0.1) is 25.5 Å². The lowest BCUT2D eigenvalue weighted by molar-refractivity contribution is 0.0342. The van der Waals surface area contributed by atoms with E-state index in [0.29, 0.717) is 12.5 Å². The fourth-order valence-corrected chi connectivity index (χ4v) is 3.97. The van der Waals surface area contributed by atoms with Crippen LogP contribution >= 0.6 is 24.0 Å². The lowest BCUT2D eigenvalue weighted by atomic mass is 10.1. The van der Waals surface area contributed by atoms with E-state index in [1.807, 2.05) is 11.7 Å². The van der Waals surface area contributed by atoms with Crippen LogP contribution in [-0.4, -0.2) is 65.4 Å². The van der Waals surface area contributed by atoms with E-state index in [9.17, 15) is 0 Å². The highest BCUT2D eigenvalue weighted by Gasteiger charge is 2.15. The van der Waals surface area contributed by atoms with Crippen molar-refractivity contribution in [2.24, 2.45) is 12.0 Å². The number of aliphatic imine (C=N–C) groups is 1. The van der Waals surface area contributed by atoms with Gasteiger partial charge in [-0.1, -0.05) is 38.1 Å². The number of aryl methyl sites for hydroxylation is 1. The summed E-state index contributed by atoms with van der Waals surface area (Å²) in [5.41, 5.74) is 4.97. The zero-order valence-electron chi connectivity index (χ0n) is 20.2. The Balaban J connectivity index is 0.00000363. The van der Waals surface area contributed by atoms with Crippen molar-refractivity contribution in [3.8, 4) is 0 Å². The molecule has 1 saturated heterocycles. The van der Waals surface area contributed by atoms with Crippen LogP contribution in [0.5, 0.6) is 0 Å². The first-order chi connectivity index (χ1) is 15.0. The topological polar surface area (TPSA) is 57.9 Å². The van der Waals surface area contributed by atoms with Crippen molar-refractivity contribution in [1.29, 1.82) is 0 Å². The lowest BCUT2D eigenvalue weighted by Crippen LogP contribution is -2.38. The zero-order valence-corrected chi connectivity index (χ0v) is 22.5. The number of nitrogens with one attached hydrogen (secondary N) is 1. The molecule has 1 aliphatic heterocycles. The van der Waals surface area contributed by atoms with Crippen molar-refractivity contribution in [2.45, 2.75) is 46.3 Å². The molecular weight excluding hydrogens is 515 g/mol. The number of ether oxygens (including phenoxy) is 1. The number of benzene rings is 1. The molecule has 1 aromatic carbocycles. The molecule has 3 rings (SSSR count). The van der Waals surface area contributed by atoms with Crippen LogP contribution in [-0.2, 0) is 31.4 Å². The van der Waals surface area contributed by atoms with Gasteiger partial charge in [-0.25, -0.2) is 4.99 Å². The van der Waals surface area contributed by atoms with Gasteiger partial charge in [-0.15, -0.1) is 24.0 Å². The summed E-state index contributed by atoms with van der Waals surface area (Å²) in [7, 11) is 4.08. The molecule has 2 heterocycles. The monoisotopic (exact) mass is 554 g/mol. The second-order valence-corrected chi connectivity index (χ2v) is 8.60. The highest BCUT2D eigenvalue weighted by molar-refractivity contribution is 14.0. The van der Waals surface area contributed by atoms with Gasteiger partial charge in [-0.05, 0) is 24.0 Å². The Hall–Kier alpha value is -1.65. The number of guanidine groups is 1. The predicted octanol–water partition coefficient (Wildman–Crippen LogP) is 3.59. The van der Waals surface area contributed by atoms with E-state index in [4.69, 9.17) is 9.73 Å². The number of rotatable bonds is 8. The van der Waals surface area contributed by atoms with Crippen molar-refractivity contribution < 1.29 is 4.74 Å². The number of aromatic nitrogens is 2. The van der Waals surface area contributed by atoms with Gasteiger partial charge >= 0.3 is 0 Å². The number of halogens is 1. The summed E-state index contributed by atoms with van der Waals surface area (Å²) in [5.74, 6) is 1.32. The molecule has 0 atom stereocenters. The molecule has 0 bridgehead atoms. The van der Waals surface area contributed by atoms with Gasteiger partial charge in [-0.3, -0.25) is 9.58 Å². The van der Waals surface area contributed by atoms with Crippen LogP contribution in [0.25, 0.3) is 0 Å². The van der Waals surface area contributed by atoms with Crippen molar-refractivity contribution in [2.75, 3.05) is 39.9 Å². The van der Waals surface area contributed by atoms with E-state index in [1.165, 1.54) is 16.7 Å². The molecule has 32 heavy (non-hydrogen) atoms. The first-order valence-corrected chi connectivity index (χ1v) is 11.4. The third-order valence-corrected chi connectivity index (χ3v) is 5.50. The molecule has 1 fully saturated rings. The minimum Gasteiger partial charge on any atom is -0.379 e. The number of hydrogen-bond acceptors (Lipinski definition) is 4. The van der Waals surface area contributed by atoms with Crippen LogP contribution in [0.1, 0.15) is 49.1 Å². The molecule has 7 nitrogen and oxygen atoms in total. The highest BCUT2D eigenvalue weighted by atomic mass is 127. The predicted molar refractivity (Wildman–Crippen MR) is 142 cm³/mol. The van der Waals surface area contributed by atoms with Crippen LogP contribution in [0.2, 0.25) is 0 Å². The Morgan fingerprint density at radius 2 is 1.97 bits per heavy atom. The van der Waals surface area contributed by atoms with Crippen LogP contribution < -0.4 is 5.32 Å². The first-order valence-electron chi connectivity index (χ1n) is 11.4. The maximum absolute atomic E-state index is 5.46. The molecule has 8 heteroatoms. The summed E-state index contributed by atoms with van der Waals surface area (Å²) in [4.78, 5) is 9.55. The molecule has 178 valence electrons. The Kier molecular flexibility index (Phi) is 10.9. The zero-order chi connectivity index (χ0) is 22.2. The van der Waals surface area contributed by atoms with Gasteiger partial charge in [0.2, 0.25) is 0 Å². The third-order valence-electron chi connectivity index (χ3n) is 5.50. The number of morpholine rings is 1. The van der Waals surface area contributed by atoms with Crippen LogP contribution in [0.4, 0.5) is 0 Å². The smallest absolute Gasteiger partial charge is 0.194 e. The molecule has 0 aliphatic carbocycles. The Labute approximate surface area is 210 Å². The van der Waals surface area contributed by atoms with Crippen molar-refractivity contribution in [3.05, 3.63) is 52.8 Å². The minimum atomic E-state index is 0. The molecular formula is C24H39IN6O. The Morgan fingerprint density at radius 1 is 1.25 bits per heavy atom. The SMILES string of the molecule is CCNC(=NCc1cccc(CN2CCOCC2)c1)N(C)Cc1cn(C)nc1C(C)C.I. The minimum absolute atomic E-state index is 0. The average Bonchev–Trinajstić information content (AvgIpc) is 3.12. The summed E-state index contributed by atoms with van der Waals surface area (Å²) >= 11 is 0. The Bertz CT molecular complexity index is 860. The molecule has 0 saturated carbocycles. The van der Waals surface area contributed by atoms with Crippen molar-refractivity contribution in [3.63, 3.8) is 0 Å². The molecule has 1 aliphatic rings. The third kappa shape index (κ3) is 7.74. The van der Waals surface area contributed by atoms with Gasteiger partial charge in [0, 0.05) is 58.6 Å². The fraction of sp³-hybridized carbons (Fsp3) is 0.583. The quantitative estimate of drug-likeness (QED) is 0.307. The van der Waals surface area contributed by atoms with Crippen LogP contribution in [0.3, 0.4) is 0 Å². The second kappa shape index (κ2) is 13.2. The van der Waals surface area contributed by atoms with E-state index in [0.717, 1.165) is 57.6 Å². The van der Waals surface area contributed by atoms with Crippen molar-refractivity contribution >= 4 is 29.9 Å². The van der Waals surface area contributed by atoms with Gasteiger partial charge in [0.1, 0.15) is 0 Å². The number of nitrogens with zero attached hydrogens (tertiary/aromatic N) is 5. The largest absolute Gasteiger partial charge is 0.379 e.